The highest BCUT2D eigenvalue weighted by Crippen LogP contribution is 2.28. The Hall–Kier alpha value is -5.22. The van der Waals surface area contributed by atoms with E-state index in [0.29, 0.717) is 31.8 Å². The SMILES string of the molecule is O=C(O)C[C@H](NC(=O)c1cc(OCC(=O)N2CCC[C@H]2C(=O)NCC2CC2)n(-c2cccc(F)c2)n1)C(=O)N1CCN(C(=O)O)CC1. The van der Waals surface area contributed by atoms with Crippen LogP contribution in [0, 0.1) is 11.7 Å². The first kappa shape index (κ1) is 33.2. The number of hydrogen-bond donors (Lipinski definition) is 4. The van der Waals surface area contributed by atoms with Gasteiger partial charge in [-0.05, 0) is 49.8 Å². The van der Waals surface area contributed by atoms with Gasteiger partial charge in [0.15, 0.2) is 12.3 Å². The molecule has 2 aromatic rings. The number of likely N-dealkylation sites (tertiary alicyclic amines) is 1. The Morgan fingerprint density at radius 3 is 2.36 bits per heavy atom. The van der Waals surface area contributed by atoms with E-state index in [2.05, 4.69) is 15.7 Å². The zero-order valence-electron chi connectivity index (χ0n) is 25.5. The average molecular weight is 658 g/mol. The third kappa shape index (κ3) is 8.33. The van der Waals surface area contributed by atoms with Crippen molar-refractivity contribution in [1.29, 1.82) is 0 Å². The fourth-order valence-corrected chi connectivity index (χ4v) is 5.56. The number of aliphatic carboxylic acids is 1. The van der Waals surface area contributed by atoms with Gasteiger partial charge in [-0.2, -0.15) is 5.10 Å². The summed E-state index contributed by atoms with van der Waals surface area (Å²) in [6, 6.07) is 4.26. The molecule has 1 aliphatic carbocycles. The number of ether oxygens (including phenoxy) is 1. The molecule has 0 radical (unpaired) electrons. The van der Waals surface area contributed by atoms with Gasteiger partial charge in [0.25, 0.3) is 11.8 Å². The van der Waals surface area contributed by atoms with Gasteiger partial charge in [-0.3, -0.25) is 24.0 Å². The molecule has 2 aliphatic heterocycles. The van der Waals surface area contributed by atoms with Crippen molar-refractivity contribution in [2.45, 2.75) is 44.2 Å². The number of halogens is 1. The van der Waals surface area contributed by atoms with Crippen LogP contribution in [0.1, 0.15) is 42.6 Å². The number of piperazine rings is 1. The topological polar surface area (TPSA) is 204 Å². The Kier molecular flexibility index (Phi) is 10.2. The van der Waals surface area contributed by atoms with Crippen LogP contribution >= 0.6 is 0 Å². The molecule has 5 rings (SSSR count). The highest BCUT2D eigenvalue weighted by molar-refractivity contribution is 5.97. The minimum Gasteiger partial charge on any atom is -0.481 e. The number of amides is 5. The molecule has 1 aromatic heterocycles. The van der Waals surface area contributed by atoms with Gasteiger partial charge in [0.05, 0.1) is 12.1 Å². The number of carbonyl (C=O) groups is 6. The normalized spacial score (nSPS) is 18.4. The van der Waals surface area contributed by atoms with E-state index in [0.717, 1.165) is 28.5 Å². The fraction of sp³-hybridized carbons (Fsp3) is 0.500. The van der Waals surface area contributed by atoms with Crippen LogP contribution in [0.2, 0.25) is 0 Å². The molecule has 4 N–H and O–H groups in total. The zero-order chi connectivity index (χ0) is 33.7. The molecule has 1 aromatic carbocycles. The summed E-state index contributed by atoms with van der Waals surface area (Å²) in [5.74, 6) is -3.95. The second-order valence-electron chi connectivity index (χ2n) is 11.7. The second kappa shape index (κ2) is 14.5. The zero-order valence-corrected chi connectivity index (χ0v) is 25.5. The van der Waals surface area contributed by atoms with Gasteiger partial charge < -0.3 is 40.3 Å². The Morgan fingerprint density at radius 2 is 1.70 bits per heavy atom. The standard InChI is InChI=1S/C30H36FN7O9/c31-19-3-1-4-20(13-19)38-25(47-17-24(39)37-8-2-5-23(37)28(43)32-16-18-6-7-18)14-21(34-38)27(42)33-22(15-26(40)41)29(44)35-9-11-36(12-10-35)30(45)46/h1,3-4,13-14,18,22-23H,2,5-12,15-17H2,(H,32,43)(H,33,42)(H,40,41)(H,45,46)/t22-,23-/m0/s1. The maximum Gasteiger partial charge on any atom is 0.407 e. The van der Waals surface area contributed by atoms with Crippen LogP contribution in [0.25, 0.3) is 5.69 Å². The number of nitrogens with zero attached hydrogens (tertiary/aromatic N) is 5. The monoisotopic (exact) mass is 657 g/mol. The third-order valence-corrected chi connectivity index (χ3v) is 8.29. The van der Waals surface area contributed by atoms with E-state index >= 15 is 0 Å². The first-order valence-electron chi connectivity index (χ1n) is 15.4. The van der Waals surface area contributed by atoms with Crippen molar-refractivity contribution in [2.24, 2.45) is 5.92 Å². The van der Waals surface area contributed by atoms with Crippen molar-refractivity contribution < 1.29 is 48.1 Å². The summed E-state index contributed by atoms with van der Waals surface area (Å²) in [4.78, 5) is 79.0. The van der Waals surface area contributed by atoms with Crippen molar-refractivity contribution in [1.82, 2.24) is 35.1 Å². The lowest BCUT2D eigenvalue weighted by Crippen LogP contribution is -2.56. The van der Waals surface area contributed by atoms with Crippen LogP contribution in [0.5, 0.6) is 5.88 Å². The largest absolute Gasteiger partial charge is 0.481 e. The first-order valence-corrected chi connectivity index (χ1v) is 15.4. The number of nitrogens with one attached hydrogen (secondary N) is 2. The minimum atomic E-state index is -1.50. The van der Waals surface area contributed by atoms with E-state index in [9.17, 15) is 38.3 Å². The number of aromatic nitrogens is 2. The van der Waals surface area contributed by atoms with Gasteiger partial charge in [0.1, 0.15) is 17.9 Å². The summed E-state index contributed by atoms with van der Waals surface area (Å²) in [7, 11) is 0. The molecule has 252 valence electrons. The number of rotatable bonds is 12. The van der Waals surface area contributed by atoms with Crippen LogP contribution in [0.3, 0.4) is 0 Å². The van der Waals surface area contributed by atoms with E-state index in [1.165, 1.54) is 34.1 Å². The van der Waals surface area contributed by atoms with Gasteiger partial charge in [0.2, 0.25) is 17.7 Å². The van der Waals surface area contributed by atoms with E-state index in [4.69, 9.17) is 9.84 Å². The van der Waals surface area contributed by atoms with Crippen molar-refractivity contribution in [3.63, 3.8) is 0 Å². The van der Waals surface area contributed by atoms with Crippen LogP contribution in [0.4, 0.5) is 9.18 Å². The lowest BCUT2D eigenvalue weighted by molar-refractivity contribution is -0.143. The maximum atomic E-state index is 14.1. The lowest BCUT2D eigenvalue weighted by Gasteiger charge is -2.35. The highest BCUT2D eigenvalue weighted by Gasteiger charge is 2.36. The third-order valence-electron chi connectivity index (χ3n) is 8.29. The van der Waals surface area contributed by atoms with E-state index < -0.39 is 60.7 Å². The summed E-state index contributed by atoms with van der Waals surface area (Å²) < 4.78 is 21.0. The maximum absolute atomic E-state index is 14.1. The van der Waals surface area contributed by atoms with Gasteiger partial charge in [0, 0.05) is 45.3 Å². The number of carbonyl (C=O) groups excluding carboxylic acids is 4. The summed E-state index contributed by atoms with van der Waals surface area (Å²) in [6.45, 7) is 0.494. The molecule has 0 unspecified atom stereocenters. The molecule has 3 aliphatic rings. The molecule has 0 spiro atoms. The molecular weight excluding hydrogens is 621 g/mol. The van der Waals surface area contributed by atoms with E-state index in [-0.39, 0.29) is 49.3 Å². The van der Waals surface area contributed by atoms with Gasteiger partial charge in [-0.15, -0.1) is 0 Å². The molecule has 3 fully saturated rings. The minimum absolute atomic E-state index is 0.0113. The molecule has 3 heterocycles. The van der Waals surface area contributed by atoms with E-state index in [1.807, 2.05) is 0 Å². The van der Waals surface area contributed by atoms with Crippen LogP contribution in [-0.2, 0) is 19.2 Å². The number of carboxylic acids is 1. The molecule has 1 saturated carbocycles. The predicted molar refractivity (Wildman–Crippen MR) is 159 cm³/mol. The predicted octanol–water partition coefficient (Wildman–Crippen LogP) is 0.303. The Morgan fingerprint density at radius 1 is 0.979 bits per heavy atom. The van der Waals surface area contributed by atoms with Crippen molar-refractivity contribution >= 4 is 35.7 Å². The van der Waals surface area contributed by atoms with Gasteiger partial charge >= 0.3 is 12.1 Å². The summed E-state index contributed by atoms with van der Waals surface area (Å²) in [5.41, 5.74) is -0.159. The molecule has 47 heavy (non-hydrogen) atoms. The molecule has 2 atom stereocenters. The fourth-order valence-electron chi connectivity index (χ4n) is 5.56. The summed E-state index contributed by atoms with van der Waals surface area (Å²) in [6.07, 6.45) is 1.41. The van der Waals surface area contributed by atoms with Gasteiger partial charge in [-0.1, -0.05) is 6.07 Å². The van der Waals surface area contributed by atoms with Gasteiger partial charge in [-0.25, -0.2) is 13.9 Å². The molecular formula is C30H36FN7O9. The molecule has 0 bridgehead atoms. The van der Waals surface area contributed by atoms with Crippen molar-refractivity contribution in [3.05, 3.63) is 41.8 Å². The van der Waals surface area contributed by atoms with Crippen LogP contribution < -0.4 is 15.4 Å². The summed E-state index contributed by atoms with van der Waals surface area (Å²) >= 11 is 0. The van der Waals surface area contributed by atoms with E-state index in [1.54, 1.807) is 0 Å². The Labute approximate surface area is 268 Å². The number of carboxylic acid groups (broad SMARTS) is 2. The smallest absolute Gasteiger partial charge is 0.407 e. The Bertz CT molecular complexity index is 1540. The molecule has 2 saturated heterocycles. The lowest BCUT2D eigenvalue weighted by atomic mass is 10.1. The van der Waals surface area contributed by atoms with Crippen LogP contribution in [0.15, 0.2) is 30.3 Å². The number of benzene rings is 1. The number of hydrogen-bond acceptors (Lipinski definition) is 8. The molecule has 16 nitrogen and oxygen atoms in total. The van der Waals surface area contributed by atoms with Crippen molar-refractivity contribution in [2.75, 3.05) is 45.9 Å². The quantitative estimate of drug-likeness (QED) is 0.246. The highest BCUT2D eigenvalue weighted by atomic mass is 19.1. The Balaban J connectivity index is 1.30. The first-order chi connectivity index (χ1) is 22.5. The molecule has 5 amide bonds. The average Bonchev–Trinajstić information content (AvgIpc) is 3.56. The van der Waals surface area contributed by atoms with Crippen LogP contribution in [-0.4, -0.2) is 128 Å². The molecule has 17 heteroatoms. The van der Waals surface area contributed by atoms with Crippen molar-refractivity contribution in [3.8, 4) is 11.6 Å². The summed E-state index contributed by atoms with van der Waals surface area (Å²) in [5, 5.41) is 28.1. The second-order valence-corrected chi connectivity index (χ2v) is 11.7.